The highest BCUT2D eigenvalue weighted by molar-refractivity contribution is 5.81. The van der Waals surface area contributed by atoms with Gasteiger partial charge in [0.25, 0.3) is 0 Å². The molecule has 0 aliphatic rings. The van der Waals surface area contributed by atoms with E-state index in [0.717, 1.165) is 17.6 Å². The van der Waals surface area contributed by atoms with E-state index in [2.05, 4.69) is 36.8 Å². The lowest BCUT2D eigenvalue weighted by Crippen LogP contribution is -1.96. The first-order chi connectivity index (χ1) is 7.22. The van der Waals surface area contributed by atoms with E-state index in [1.54, 1.807) is 0 Å². The van der Waals surface area contributed by atoms with Gasteiger partial charge in [0.1, 0.15) is 0 Å². The molecule has 2 rings (SSSR count). The van der Waals surface area contributed by atoms with Crippen LogP contribution in [0.25, 0.3) is 10.9 Å². The summed E-state index contributed by atoms with van der Waals surface area (Å²) in [6.45, 7) is 6.48. The van der Waals surface area contributed by atoms with Gasteiger partial charge in [0.2, 0.25) is 0 Å². The average molecular weight is 200 g/mol. The maximum absolute atomic E-state index is 4.46. The van der Waals surface area contributed by atoms with Crippen molar-refractivity contribution in [3.8, 4) is 0 Å². The van der Waals surface area contributed by atoms with E-state index in [1.165, 1.54) is 10.9 Å². The number of hydrogen-bond acceptors (Lipinski definition) is 2. The van der Waals surface area contributed by atoms with Gasteiger partial charge in [-0.25, -0.2) is 0 Å². The first kappa shape index (κ1) is 10.1. The Hall–Kier alpha value is -1.44. The van der Waals surface area contributed by atoms with E-state index in [4.69, 9.17) is 0 Å². The van der Waals surface area contributed by atoms with Crippen molar-refractivity contribution >= 4 is 10.9 Å². The molecule has 0 amide bonds. The number of rotatable bonds is 2. The monoisotopic (exact) mass is 200 g/mol. The molecule has 0 spiro atoms. The van der Waals surface area contributed by atoms with Crippen molar-refractivity contribution in [3.05, 3.63) is 35.8 Å². The van der Waals surface area contributed by atoms with Crippen LogP contribution in [-0.4, -0.2) is 9.97 Å². The van der Waals surface area contributed by atoms with Gasteiger partial charge in [-0.2, -0.15) is 0 Å². The number of pyridine rings is 2. The van der Waals surface area contributed by atoms with Gasteiger partial charge in [0.05, 0.1) is 11.2 Å². The molecule has 15 heavy (non-hydrogen) atoms. The SMILES string of the molecule is CCc1cnc2ccnc(C(C)C)c2c1. The maximum Gasteiger partial charge on any atom is 0.0735 e. The molecule has 0 aliphatic heterocycles. The third-order valence-electron chi connectivity index (χ3n) is 2.65. The quantitative estimate of drug-likeness (QED) is 0.743. The molecule has 2 heterocycles. The van der Waals surface area contributed by atoms with Crippen molar-refractivity contribution < 1.29 is 0 Å². The van der Waals surface area contributed by atoms with Gasteiger partial charge >= 0.3 is 0 Å². The fraction of sp³-hybridized carbons (Fsp3) is 0.385. The molecule has 2 nitrogen and oxygen atoms in total. The van der Waals surface area contributed by atoms with Crippen molar-refractivity contribution in [3.63, 3.8) is 0 Å². The number of aromatic nitrogens is 2. The number of fused-ring (bicyclic) bond motifs is 1. The molecular formula is C13H16N2. The largest absolute Gasteiger partial charge is 0.260 e. The third-order valence-corrected chi connectivity index (χ3v) is 2.65. The first-order valence-electron chi connectivity index (χ1n) is 5.46. The molecule has 0 aromatic carbocycles. The topological polar surface area (TPSA) is 25.8 Å². The summed E-state index contributed by atoms with van der Waals surface area (Å²) in [5.41, 5.74) is 3.47. The van der Waals surface area contributed by atoms with Crippen LogP contribution in [0.3, 0.4) is 0 Å². The average Bonchev–Trinajstić information content (AvgIpc) is 2.27. The second-order valence-electron chi connectivity index (χ2n) is 4.11. The van der Waals surface area contributed by atoms with Crippen LogP contribution in [0.15, 0.2) is 24.5 Å². The lowest BCUT2D eigenvalue weighted by atomic mass is 10.0. The van der Waals surface area contributed by atoms with Crippen LogP contribution >= 0.6 is 0 Å². The Morgan fingerprint density at radius 1 is 1.27 bits per heavy atom. The first-order valence-corrected chi connectivity index (χ1v) is 5.46. The van der Waals surface area contributed by atoms with E-state index < -0.39 is 0 Å². The highest BCUT2D eigenvalue weighted by Crippen LogP contribution is 2.22. The predicted molar refractivity (Wildman–Crippen MR) is 63.0 cm³/mol. The van der Waals surface area contributed by atoms with Crippen molar-refractivity contribution in [2.45, 2.75) is 33.1 Å². The summed E-state index contributed by atoms with van der Waals surface area (Å²) < 4.78 is 0. The van der Waals surface area contributed by atoms with E-state index in [1.807, 2.05) is 18.5 Å². The van der Waals surface area contributed by atoms with Crippen LogP contribution in [0.4, 0.5) is 0 Å². The second kappa shape index (κ2) is 3.97. The molecule has 0 N–H and O–H groups in total. The van der Waals surface area contributed by atoms with Crippen LogP contribution in [0.2, 0.25) is 0 Å². The lowest BCUT2D eigenvalue weighted by Gasteiger charge is -2.08. The molecule has 0 atom stereocenters. The van der Waals surface area contributed by atoms with Crippen LogP contribution < -0.4 is 0 Å². The fourth-order valence-electron chi connectivity index (χ4n) is 1.77. The van der Waals surface area contributed by atoms with Gasteiger partial charge in [-0.15, -0.1) is 0 Å². The van der Waals surface area contributed by atoms with Gasteiger partial charge in [0, 0.05) is 17.8 Å². The number of nitrogens with zero attached hydrogens (tertiary/aromatic N) is 2. The molecule has 0 saturated carbocycles. The standard InChI is InChI=1S/C13H16N2/c1-4-10-7-11-12(15-8-10)5-6-14-13(11)9(2)3/h5-9H,4H2,1-3H3. The minimum atomic E-state index is 0.447. The van der Waals surface area contributed by atoms with Crippen molar-refractivity contribution in [1.29, 1.82) is 0 Å². The molecule has 0 radical (unpaired) electrons. The Kier molecular flexibility index (Phi) is 2.67. The maximum atomic E-state index is 4.46. The number of hydrogen-bond donors (Lipinski definition) is 0. The minimum Gasteiger partial charge on any atom is -0.260 e. The summed E-state index contributed by atoms with van der Waals surface area (Å²) in [6.07, 6.45) is 4.82. The third kappa shape index (κ3) is 1.84. The summed E-state index contributed by atoms with van der Waals surface area (Å²) >= 11 is 0. The summed E-state index contributed by atoms with van der Waals surface area (Å²) in [6, 6.07) is 4.19. The van der Waals surface area contributed by atoms with Crippen LogP contribution in [0.5, 0.6) is 0 Å². The predicted octanol–water partition coefficient (Wildman–Crippen LogP) is 3.32. The highest BCUT2D eigenvalue weighted by atomic mass is 14.7. The normalized spacial score (nSPS) is 11.2. The van der Waals surface area contributed by atoms with Gasteiger partial charge in [0.15, 0.2) is 0 Å². The fourth-order valence-corrected chi connectivity index (χ4v) is 1.77. The number of aryl methyl sites for hydroxylation is 1. The van der Waals surface area contributed by atoms with Gasteiger partial charge in [-0.05, 0) is 30.0 Å². The minimum absolute atomic E-state index is 0.447. The van der Waals surface area contributed by atoms with Crippen molar-refractivity contribution in [2.75, 3.05) is 0 Å². The Morgan fingerprint density at radius 3 is 2.73 bits per heavy atom. The smallest absolute Gasteiger partial charge is 0.0735 e. The molecule has 0 bridgehead atoms. The van der Waals surface area contributed by atoms with E-state index in [9.17, 15) is 0 Å². The van der Waals surface area contributed by atoms with Crippen LogP contribution in [-0.2, 0) is 6.42 Å². The van der Waals surface area contributed by atoms with Crippen LogP contribution in [0.1, 0.15) is 37.9 Å². The molecule has 0 saturated heterocycles. The zero-order valence-corrected chi connectivity index (χ0v) is 9.49. The molecule has 2 heteroatoms. The molecule has 0 unspecified atom stereocenters. The summed E-state index contributed by atoms with van der Waals surface area (Å²) in [4.78, 5) is 8.90. The van der Waals surface area contributed by atoms with Gasteiger partial charge < -0.3 is 0 Å². The Morgan fingerprint density at radius 2 is 2.07 bits per heavy atom. The Labute approximate surface area is 90.4 Å². The van der Waals surface area contributed by atoms with Gasteiger partial charge in [-0.1, -0.05) is 20.8 Å². The molecular weight excluding hydrogens is 184 g/mol. The van der Waals surface area contributed by atoms with E-state index in [0.29, 0.717) is 5.92 Å². The summed E-state index contributed by atoms with van der Waals surface area (Å²) in [5.74, 6) is 0.447. The van der Waals surface area contributed by atoms with E-state index in [-0.39, 0.29) is 0 Å². The molecule has 0 fully saturated rings. The highest BCUT2D eigenvalue weighted by Gasteiger charge is 2.07. The molecule has 2 aromatic rings. The van der Waals surface area contributed by atoms with Crippen LogP contribution in [0, 0.1) is 0 Å². The van der Waals surface area contributed by atoms with Crippen molar-refractivity contribution in [1.82, 2.24) is 9.97 Å². The second-order valence-corrected chi connectivity index (χ2v) is 4.11. The Bertz CT molecular complexity index is 475. The summed E-state index contributed by atoms with van der Waals surface area (Å²) in [7, 11) is 0. The van der Waals surface area contributed by atoms with Crippen molar-refractivity contribution in [2.24, 2.45) is 0 Å². The Balaban J connectivity index is 2.70. The van der Waals surface area contributed by atoms with Gasteiger partial charge in [-0.3, -0.25) is 9.97 Å². The molecule has 0 aliphatic carbocycles. The molecule has 78 valence electrons. The zero-order chi connectivity index (χ0) is 10.8. The molecule has 2 aromatic heterocycles. The zero-order valence-electron chi connectivity index (χ0n) is 9.49. The van der Waals surface area contributed by atoms with E-state index >= 15 is 0 Å². The summed E-state index contributed by atoms with van der Waals surface area (Å²) in [5, 5.41) is 1.20. The lowest BCUT2D eigenvalue weighted by molar-refractivity contribution is 0.833.